The first kappa shape index (κ1) is 19.5. The van der Waals surface area contributed by atoms with E-state index in [-0.39, 0.29) is 0 Å². The number of H-pyrrole nitrogens is 1. The van der Waals surface area contributed by atoms with Crippen LogP contribution < -0.4 is 5.32 Å². The molecule has 1 aromatic carbocycles. The van der Waals surface area contributed by atoms with Crippen LogP contribution in [-0.2, 0) is 0 Å². The third kappa shape index (κ3) is 4.45. The van der Waals surface area contributed by atoms with Gasteiger partial charge in [-0.15, -0.1) is 21.5 Å². The first-order valence-electron chi connectivity index (χ1n) is 10.1. The van der Waals surface area contributed by atoms with Gasteiger partial charge in [-0.1, -0.05) is 51.2 Å². The lowest BCUT2D eigenvalue weighted by molar-refractivity contribution is 0.385. The second-order valence-corrected chi connectivity index (χ2v) is 8.33. The SMILES string of the molecule is CC1CCCCC1.CNc1ccc(-c2ccc(-c3cn[nH]c3)c3ncsc23)nn1. The van der Waals surface area contributed by atoms with Crippen molar-refractivity contribution >= 4 is 27.4 Å². The number of thiazole rings is 1. The van der Waals surface area contributed by atoms with Crippen molar-refractivity contribution in [3.63, 3.8) is 0 Å². The average Bonchev–Trinajstić information content (AvgIpc) is 3.47. The molecular formula is C22H26N6S. The van der Waals surface area contributed by atoms with E-state index in [9.17, 15) is 0 Å². The topological polar surface area (TPSA) is 79.4 Å². The summed E-state index contributed by atoms with van der Waals surface area (Å²) in [5.74, 6) is 1.79. The van der Waals surface area contributed by atoms with Crippen molar-refractivity contribution in [3.8, 4) is 22.4 Å². The Bertz CT molecular complexity index is 1030. The van der Waals surface area contributed by atoms with Gasteiger partial charge in [0.05, 0.1) is 27.6 Å². The molecule has 0 saturated heterocycles. The van der Waals surface area contributed by atoms with Gasteiger partial charge in [-0.25, -0.2) is 4.98 Å². The van der Waals surface area contributed by atoms with Crippen LogP contribution in [0.4, 0.5) is 5.82 Å². The smallest absolute Gasteiger partial charge is 0.148 e. The number of hydrogen-bond donors (Lipinski definition) is 2. The largest absolute Gasteiger partial charge is 0.372 e. The van der Waals surface area contributed by atoms with E-state index in [0.29, 0.717) is 0 Å². The minimum absolute atomic E-state index is 0.749. The Morgan fingerprint density at radius 3 is 2.48 bits per heavy atom. The van der Waals surface area contributed by atoms with Crippen LogP contribution >= 0.6 is 11.3 Å². The van der Waals surface area contributed by atoms with Crippen LogP contribution in [-0.4, -0.2) is 32.4 Å². The van der Waals surface area contributed by atoms with Crippen molar-refractivity contribution in [1.29, 1.82) is 0 Å². The number of aromatic nitrogens is 5. The zero-order valence-electron chi connectivity index (χ0n) is 16.9. The number of anilines is 1. The molecular weight excluding hydrogens is 380 g/mol. The lowest BCUT2D eigenvalue weighted by Gasteiger charge is -2.15. The fraction of sp³-hybridized carbons (Fsp3) is 0.364. The van der Waals surface area contributed by atoms with Crippen molar-refractivity contribution < 1.29 is 0 Å². The van der Waals surface area contributed by atoms with E-state index in [1.807, 2.05) is 30.9 Å². The van der Waals surface area contributed by atoms with Crippen molar-refractivity contribution in [2.45, 2.75) is 39.0 Å². The van der Waals surface area contributed by atoms with Gasteiger partial charge in [0.1, 0.15) is 5.82 Å². The molecule has 1 aliphatic rings. The molecule has 150 valence electrons. The number of fused-ring (bicyclic) bond motifs is 1. The summed E-state index contributed by atoms with van der Waals surface area (Å²) in [6, 6.07) is 7.99. The average molecular weight is 407 g/mol. The van der Waals surface area contributed by atoms with Crippen molar-refractivity contribution in [1.82, 2.24) is 25.4 Å². The molecule has 5 rings (SSSR count). The fourth-order valence-corrected chi connectivity index (χ4v) is 4.54. The Labute approximate surface area is 174 Å². The number of nitrogens with zero attached hydrogens (tertiary/aromatic N) is 4. The minimum atomic E-state index is 0.749. The monoisotopic (exact) mass is 406 g/mol. The summed E-state index contributed by atoms with van der Waals surface area (Å²) in [5.41, 5.74) is 6.79. The first-order valence-corrected chi connectivity index (χ1v) is 11.0. The molecule has 0 aliphatic heterocycles. The third-order valence-electron chi connectivity index (χ3n) is 5.38. The van der Waals surface area contributed by atoms with Gasteiger partial charge in [0, 0.05) is 29.9 Å². The van der Waals surface area contributed by atoms with Gasteiger partial charge in [-0.2, -0.15) is 5.10 Å². The summed E-state index contributed by atoms with van der Waals surface area (Å²) >= 11 is 1.61. The number of rotatable bonds is 3. The molecule has 2 N–H and O–H groups in total. The zero-order valence-corrected chi connectivity index (χ0v) is 17.7. The lowest BCUT2D eigenvalue weighted by atomic mass is 9.91. The fourth-order valence-electron chi connectivity index (χ4n) is 3.70. The molecule has 6 nitrogen and oxygen atoms in total. The summed E-state index contributed by atoms with van der Waals surface area (Å²) in [5, 5.41) is 18.3. The number of aromatic amines is 1. The highest BCUT2D eigenvalue weighted by atomic mass is 32.1. The molecule has 1 fully saturated rings. The standard InChI is InChI=1S/C15H12N6S.C7H14/c1-16-13-5-4-12(20-21-13)11-3-2-10(9-6-18-19-7-9)14-15(11)22-8-17-14;1-7-5-3-2-4-6-7/h2-8H,1H3,(H,16,21)(H,18,19);7H,2-6H2,1H3. The van der Waals surface area contributed by atoms with Gasteiger partial charge in [0.15, 0.2) is 0 Å². The lowest BCUT2D eigenvalue weighted by Crippen LogP contribution is -1.99. The van der Waals surface area contributed by atoms with Gasteiger partial charge in [-0.3, -0.25) is 5.10 Å². The van der Waals surface area contributed by atoms with Crippen LogP contribution in [0.5, 0.6) is 0 Å². The molecule has 0 radical (unpaired) electrons. The van der Waals surface area contributed by atoms with Crippen molar-refractivity contribution in [2.24, 2.45) is 5.92 Å². The van der Waals surface area contributed by atoms with Crippen LogP contribution in [0.3, 0.4) is 0 Å². The maximum atomic E-state index is 4.51. The number of nitrogens with one attached hydrogen (secondary N) is 2. The van der Waals surface area contributed by atoms with Crippen LogP contribution in [0, 0.1) is 5.92 Å². The van der Waals surface area contributed by atoms with Crippen LogP contribution in [0.25, 0.3) is 32.6 Å². The summed E-state index contributed by atoms with van der Waals surface area (Å²) in [6.45, 7) is 2.36. The minimum Gasteiger partial charge on any atom is -0.372 e. The molecule has 1 aliphatic carbocycles. The second kappa shape index (κ2) is 9.13. The first-order chi connectivity index (χ1) is 14.3. The van der Waals surface area contributed by atoms with Crippen LogP contribution in [0.15, 0.2) is 42.2 Å². The van der Waals surface area contributed by atoms with E-state index in [1.165, 1.54) is 32.1 Å². The van der Waals surface area contributed by atoms with E-state index < -0.39 is 0 Å². The highest BCUT2D eigenvalue weighted by Crippen LogP contribution is 2.36. The molecule has 29 heavy (non-hydrogen) atoms. The van der Waals surface area contributed by atoms with Gasteiger partial charge in [0.25, 0.3) is 0 Å². The van der Waals surface area contributed by atoms with Gasteiger partial charge in [-0.05, 0) is 18.1 Å². The van der Waals surface area contributed by atoms with E-state index in [1.54, 1.807) is 17.5 Å². The Hall–Kier alpha value is -2.80. The summed E-state index contributed by atoms with van der Waals surface area (Å²) in [7, 11) is 1.82. The number of hydrogen-bond acceptors (Lipinski definition) is 6. The molecule has 3 heterocycles. The molecule has 0 spiro atoms. The molecule has 1 saturated carbocycles. The summed E-state index contributed by atoms with van der Waals surface area (Å²) < 4.78 is 1.10. The van der Waals surface area contributed by atoms with E-state index >= 15 is 0 Å². The molecule has 4 aromatic rings. The van der Waals surface area contributed by atoms with E-state index in [2.05, 4.69) is 49.8 Å². The quantitative estimate of drug-likeness (QED) is 0.451. The Morgan fingerprint density at radius 1 is 1.03 bits per heavy atom. The summed E-state index contributed by atoms with van der Waals surface area (Å²) in [6.07, 6.45) is 11.1. The van der Waals surface area contributed by atoms with Crippen LogP contribution in [0.1, 0.15) is 39.0 Å². The predicted molar refractivity (Wildman–Crippen MR) is 120 cm³/mol. The zero-order chi connectivity index (χ0) is 20.1. The molecule has 0 amide bonds. The van der Waals surface area contributed by atoms with Crippen molar-refractivity contribution in [3.05, 3.63) is 42.2 Å². The molecule has 0 unspecified atom stereocenters. The molecule has 3 aromatic heterocycles. The molecule has 0 atom stereocenters. The maximum absolute atomic E-state index is 4.51. The summed E-state index contributed by atoms with van der Waals surface area (Å²) in [4.78, 5) is 4.51. The van der Waals surface area contributed by atoms with E-state index in [4.69, 9.17) is 0 Å². The second-order valence-electron chi connectivity index (χ2n) is 7.47. The normalized spacial score (nSPS) is 14.4. The Kier molecular flexibility index (Phi) is 6.14. The van der Waals surface area contributed by atoms with Crippen LogP contribution in [0.2, 0.25) is 0 Å². The highest BCUT2D eigenvalue weighted by molar-refractivity contribution is 7.17. The van der Waals surface area contributed by atoms with E-state index in [0.717, 1.165) is 44.3 Å². The molecule has 0 bridgehead atoms. The molecule has 7 heteroatoms. The maximum Gasteiger partial charge on any atom is 0.148 e. The van der Waals surface area contributed by atoms with Gasteiger partial charge >= 0.3 is 0 Å². The third-order valence-corrected chi connectivity index (χ3v) is 6.24. The van der Waals surface area contributed by atoms with Gasteiger partial charge in [0.2, 0.25) is 0 Å². The number of benzene rings is 1. The van der Waals surface area contributed by atoms with Gasteiger partial charge < -0.3 is 5.32 Å². The predicted octanol–water partition coefficient (Wildman–Crippen LogP) is 5.77. The highest BCUT2D eigenvalue weighted by Gasteiger charge is 2.13. The Morgan fingerprint density at radius 2 is 1.86 bits per heavy atom. The Balaban J connectivity index is 0.000000249. The van der Waals surface area contributed by atoms with Crippen molar-refractivity contribution in [2.75, 3.05) is 12.4 Å².